The molecule has 0 aliphatic heterocycles. The van der Waals surface area contributed by atoms with Gasteiger partial charge < -0.3 is 14.5 Å². The summed E-state index contributed by atoms with van der Waals surface area (Å²) in [7, 11) is -1.58. The summed E-state index contributed by atoms with van der Waals surface area (Å²) in [4.78, 5) is 24.6. The number of hydrazone groups is 1. The number of hydrogen-bond acceptors (Lipinski definition) is 6. The zero-order chi connectivity index (χ0) is 20.5. The van der Waals surface area contributed by atoms with E-state index < -0.39 is 18.7 Å². The summed E-state index contributed by atoms with van der Waals surface area (Å²) in [5.74, 6) is -0.451. The lowest BCUT2D eigenvalue weighted by Crippen LogP contribution is -2.29. The van der Waals surface area contributed by atoms with E-state index >= 15 is 0 Å². The fourth-order valence-corrected chi connectivity index (χ4v) is 3.11. The SMILES string of the molecule is Cc1ccc2oc(=O)c3ccc(C(=O)N/N=C/c4cccc(B(O)O)c4)cc3n12. The standard InChI is InChI=1S/C20H16BN3O5/c1-12-5-8-18-24(12)17-10-14(6-7-16(17)20(26)29-18)19(25)23-22-11-13-3-2-4-15(9-13)21(27)28/h2-11,27-28H,1H3,(H,23,25)/b22-11+. The fourth-order valence-electron chi connectivity index (χ4n) is 3.11. The lowest BCUT2D eigenvalue weighted by molar-refractivity contribution is 0.0955. The molecule has 0 spiro atoms. The van der Waals surface area contributed by atoms with Crippen LogP contribution in [0.4, 0.5) is 0 Å². The highest BCUT2D eigenvalue weighted by atomic mass is 16.4. The summed E-state index contributed by atoms with van der Waals surface area (Å²) in [5.41, 5.74) is 5.04. The van der Waals surface area contributed by atoms with E-state index in [2.05, 4.69) is 10.5 Å². The van der Waals surface area contributed by atoms with E-state index in [0.29, 0.717) is 33.2 Å². The predicted molar refractivity (Wildman–Crippen MR) is 110 cm³/mol. The van der Waals surface area contributed by atoms with Gasteiger partial charge in [-0.2, -0.15) is 5.10 Å². The third kappa shape index (κ3) is 3.56. The van der Waals surface area contributed by atoms with Crippen LogP contribution in [-0.4, -0.2) is 33.7 Å². The Hall–Kier alpha value is -3.69. The summed E-state index contributed by atoms with van der Waals surface area (Å²) in [5, 5.41) is 22.7. The molecule has 1 amide bonds. The van der Waals surface area contributed by atoms with Gasteiger partial charge in [0.15, 0.2) is 0 Å². The first-order valence-corrected chi connectivity index (χ1v) is 8.78. The molecule has 144 valence electrons. The minimum atomic E-state index is -1.58. The van der Waals surface area contributed by atoms with E-state index in [0.717, 1.165) is 5.69 Å². The fraction of sp³-hybridized carbons (Fsp3) is 0.0500. The number of nitrogens with one attached hydrogen (secondary N) is 1. The van der Waals surface area contributed by atoms with Crippen LogP contribution in [0.5, 0.6) is 0 Å². The first-order valence-electron chi connectivity index (χ1n) is 8.78. The van der Waals surface area contributed by atoms with Crippen molar-refractivity contribution in [2.75, 3.05) is 0 Å². The molecule has 0 fully saturated rings. The zero-order valence-corrected chi connectivity index (χ0v) is 15.4. The third-order valence-electron chi connectivity index (χ3n) is 4.55. The molecule has 0 aliphatic rings. The van der Waals surface area contributed by atoms with Crippen LogP contribution >= 0.6 is 0 Å². The molecule has 0 bridgehead atoms. The van der Waals surface area contributed by atoms with E-state index in [1.807, 2.05) is 13.0 Å². The summed E-state index contributed by atoms with van der Waals surface area (Å²) < 4.78 is 7.05. The molecule has 2 aromatic carbocycles. The molecule has 8 nitrogen and oxygen atoms in total. The average Bonchev–Trinajstić information content (AvgIpc) is 3.08. The van der Waals surface area contributed by atoms with E-state index in [1.54, 1.807) is 46.9 Å². The Morgan fingerprint density at radius 3 is 2.79 bits per heavy atom. The van der Waals surface area contributed by atoms with Crippen LogP contribution in [0.25, 0.3) is 16.6 Å². The Balaban J connectivity index is 1.62. The highest BCUT2D eigenvalue weighted by Gasteiger charge is 2.13. The molecule has 0 saturated carbocycles. The number of nitrogens with zero attached hydrogens (tertiary/aromatic N) is 2. The van der Waals surface area contributed by atoms with Crippen LogP contribution in [0, 0.1) is 6.92 Å². The van der Waals surface area contributed by atoms with Crippen molar-refractivity contribution in [3.05, 3.63) is 81.8 Å². The second-order valence-corrected chi connectivity index (χ2v) is 6.51. The quantitative estimate of drug-likeness (QED) is 0.271. The smallest absolute Gasteiger partial charge is 0.423 e. The van der Waals surface area contributed by atoms with Gasteiger partial charge in [-0.25, -0.2) is 10.2 Å². The Morgan fingerprint density at radius 1 is 1.17 bits per heavy atom. The Kier molecular flexibility index (Phi) is 4.75. The molecule has 29 heavy (non-hydrogen) atoms. The Labute approximate surface area is 164 Å². The number of carbonyl (C=O) groups is 1. The van der Waals surface area contributed by atoms with Gasteiger partial charge in [0.1, 0.15) is 0 Å². The van der Waals surface area contributed by atoms with Gasteiger partial charge in [0, 0.05) is 17.3 Å². The normalized spacial score (nSPS) is 11.4. The van der Waals surface area contributed by atoms with Gasteiger partial charge in [0.05, 0.1) is 17.1 Å². The van der Waals surface area contributed by atoms with Gasteiger partial charge in [-0.05, 0) is 42.2 Å². The van der Waals surface area contributed by atoms with Crippen molar-refractivity contribution in [3.8, 4) is 0 Å². The maximum atomic E-state index is 12.5. The largest absolute Gasteiger partial charge is 0.488 e. The predicted octanol–water partition coefficient (Wildman–Crippen LogP) is 0.798. The van der Waals surface area contributed by atoms with Gasteiger partial charge in [-0.1, -0.05) is 24.3 Å². The molecular weight excluding hydrogens is 373 g/mol. The molecular formula is C20H16BN3O5. The lowest BCUT2D eigenvalue weighted by atomic mass is 9.80. The Morgan fingerprint density at radius 2 is 2.00 bits per heavy atom. The van der Waals surface area contributed by atoms with Crippen molar-refractivity contribution in [2.45, 2.75) is 6.92 Å². The summed E-state index contributed by atoms with van der Waals surface area (Å²) in [6.07, 6.45) is 1.40. The third-order valence-corrected chi connectivity index (χ3v) is 4.55. The van der Waals surface area contributed by atoms with E-state index in [4.69, 9.17) is 4.42 Å². The zero-order valence-electron chi connectivity index (χ0n) is 15.4. The first kappa shape index (κ1) is 18.7. The van der Waals surface area contributed by atoms with Crippen molar-refractivity contribution in [1.82, 2.24) is 9.83 Å². The van der Waals surface area contributed by atoms with Crippen molar-refractivity contribution >= 4 is 41.3 Å². The van der Waals surface area contributed by atoms with E-state index in [9.17, 15) is 19.6 Å². The number of amides is 1. The number of hydrogen-bond donors (Lipinski definition) is 3. The molecule has 4 rings (SSSR count). The van der Waals surface area contributed by atoms with Crippen LogP contribution in [0.1, 0.15) is 21.6 Å². The second-order valence-electron chi connectivity index (χ2n) is 6.51. The van der Waals surface area contributed by atoms with Gasteiger partial charge in [-0.15, -0.1) is 0 Å². The summed E-state index contributed by atoms with van der Waals surface area (Å²) >= 11 is 0. The Bertz CT molecular complexity index is 1320. The molecule has 4 aromatic rings. The number of aryl methyl sites for hydroxylation is 1. The van der Waals surface area contributed by atoms with Gasteiger partial charge in [-0.3, -0.25) is 9.20 Å². The number of rotatable bonds is 4. The molecule has 3 N–H and O–H groups in total. The van der Waals surface area contributed by atoms with Crippen LogP contribution in [0.3, 0.4) is 0 Å². The maximum Gasteiger partial charge on any atom is 0.488 e. The van der Waals surface area contributed by atoms with Crippen molar-refractivity contribution in [3.63, 3.8) is 0 Å². The lowest BCUT2D eigenvalue weighted by Gasteiger charge is -2.06. The average molecular weight is 389 g/mol. The van der Waals surface area contributed by atoms with E-state index in [-0.39, 0.29) is 0 Å². The topological polar surface area (TPSA) is 117 Å². The number of carbonyl (C=O) groups excluding carboxylic acids is 1. The van der Waals surface area contributed by atoms with Gasteiger partial charge >= 0.3 is 12.7 Å². The highest BCUT2D eigenvalue weighted by molar-refractivity contribution is 6.58. The summed E-state index contributed by atoms with van der Waals surface area (Å²) in [6, 6.07) is 14.7. The molecule has 0 aliphatic carbocycles. The molecule has 0 atom stereocenters. The number of aromatic nitrogens is 1. The van der Waals surface area contributed by atoms with Crippen LogP contribution in [0.15, 0.2) is 68.9 Å². The molecule has 0 unspecified atom stereocenters. The van der Waals surface area contributed by atoms with Crippen molar-refractivity contribution in [2.24, 2.45) is 5.10 Å². The minimum absolute atomic E-state index is 0.319. The highest BCUT2D eigenvalue weighted by Crippen LogP contribution is 2.18. The second kappa shape index (κ2) is 7.38. The van der Waals surface area contributed by atoms with Gasteiger partial charge in [0.2, 0.25) is 5.71 Å². The van der Waals surface area contributed by atoms with Crippen molar-refractivity contribution < 1.29 is 19.3 Å². The van der Waals surface area contributed by atoms with Crippen molar-refractivity contribution in [1.29, 1.82) is 0 Å². The molecule has 0 radical (unpaired) electrons. The molecule has 2 aromatic heterocycles. The minimum Gasteiger partial charge on any atom is -0.423 e. The van der Waals surface area contributed by atoms with Crippen LogP contribution in [-0.2, 0) is 0 Å². The van der Waals surface area contributed by atoms with E-state index in [1.165, 1.54) is 12.3 Å². The first-order chi connectivity index (χ1) is 13.9. The maximum absolute atomic E-state index is 12.5. The monoisotopic (exact) mass is 389 g/mol. The van der Waals surface area contributed by atoms with Crippen LogP contribution in [0.2, 0.25) is 0 Å². The van der Waals surface area contributed by atoms with Crippen LogP contribution < -0.4 is 16.5 Å². The molecule has 2 heterocycles. The summed E-state index contributed by atoms with van der Waals surface area (Å²) in [6.45, 7) is 1.88. The van der Waals surface area contributed by atoms with Gasteiger partial charge in [0.25, 0.3) is 5.91 Å². The molecule has 9 heteroatoms. The number of benzene rings is 2. The molecule has 0 saturated heterocycles. The number of fused-ring (bicyclic) bond motifs is 3.